The first kappa shape index (κ1) is 21.2. The highest BCUT2D eigenvalue weighted by molar-refractivity contribution is 7.93. The molecule has 150 valence electrons. The summed E-state index contributed by atoms with van der Waals surface area (Å²) in [5.41, 5.74) is -3.03. The summed E-state index contributed by atoms with van der Waals surface area (Å²) in [6, 6.07) is 0. The summed E-state index contributed by atoms with van der Waals surface area (Å²) in [7, 11) is -4.14. The molecule has 0 bridgehead atoms. The first-order valence-electron chi connectivity index (χ1n) is 8.15. The number of carboxylic acid groups (broad SMARTS) is 1. The molecule has 0 fully saturated rings. The Kier molecular flexibility index (Phi) is 5.91. The van der Waals surface area contributed by atoms with E-state index < -0.39 is 40.2 Å². The molecule has 2 aliphatic carbocycles. The minimum Gasteiger partial charge on any atom is -0.480 e. The molecule has 0 radical (unpaired) electrons. The summed E-state index contributed by atoms with van der Waals surface area (Å²) in [5.74, 6) is -2.71. The maximum Gasteiger partial charge on any atom is 0.417 e. The summed E-state index contributed by atoms with van der Waals surface area (Å²) in [6.45, 7) is -0.217. The molecule has 0 saturated heterocycles. The lowest BCUT2D eigenvalue weighted by atomic mass is 9.83. The van der Waals surface area contributed by atoms with Crippen LogP contribution in [0.1, 0.15) is 26.2 Å². The Balaban J connectivity index is 2.32. The van der Waals surface area contributed by atoms with Gasteiger partial charge in [0.2, 0.25) is 0 Å². The minimum absolute atomic E-state index is 0.0324. The van der Waals surface area contributed by atoms with Gasteiger partial charge >= 0.3 is 12.1 Å². The topological polar surface area (TPSA) is 94.9 Å². The standard InChI is InChI=1S/C17H20F3NO5S/c1-16(24,17(18,19)20)12-7-9-13(10-8-12)21(11-15(22)23)27(25,26)14-5-3-2-4-6-14/h2-3,5,7,9-10,12,24H,4,6,8,11H2,1H3,(H,22,23). The van der Waals surface area contributed by atoms with Crippen molar-refractivity contribution in [3.8, 4) is 0 Å². The zero-order valence-electron chi connectivity index (χ0n) is 14.5. The highest BCUT2D eigenvalue weighted by Crippen LogP contribution is 2.40. The number of allylic oxidation sites excluding steroid dienone is 6. The van der Waals surface area contributed by atoms with E-state index in [0.29, 0.717) is 17.6 Å². The van der Waals surface area contributed by atoms with Crippen LogP contribution in [0.4, 0.5) is 13.2 Å². The molecule has 2 rings (SSSR count). The van der Waals surface area contributed by atoms with E-state index >= 15 is 0 Å². The number of nitrogens with zero attached hydrogens (tertiary/aromatic N) is 1. The first-order valence-corrected chi connectivity index (χ1v) is 9.59. The van der Waals surface area contributed by atoms with E-state index in [1.807, 2.05) is 0 Å². The van der Waals surface area contributed by atoms with Crippen molar-refractivity contribution in [3.63, 3.8) is 0 Å². The zero-order chi connectivity index (χ0) is 20.5. The number of alkyl halides is 3. The van der Waals surface area contributed by atoms with Crippen molar-refractivity contribution in [2.75, 3.05) is 6.54 Å². The third-order valence-electron chi connectivity index (χ3n) is 4.54. The molecule has 10 heteroatoms. The van der Waals surface area contributed by atoms with Gasteiger partial charge in [0.15, 0.2) is 5.60 Å². The van der Waals surface area contributed by atoms with Crippen LogP contribution in [0.15, 0.2) is 47.1 Å². The fourth-order valence-corrected chi connectivity index (χ4v) is 4.40. The number of aliphatic carboxylic acids is 1. The van der Waals surface area contributed by atoms with Crippen molar-refractivity contribution < 1.29 is 36.6 Å². The van der Waals surface area contributed by atoms with E-state index in [4.69, 9.17) is 5.11 Å². The number of sulfonamides is 1. The summed E-state index contributed by atoms with van der Waals surface area (Å²) in [6.07, 6.45) is 3.59. The average molecular weight is 407 g/mol. The molecular formula is C17H20F3NO5S. The molecule has 0 heterocycles. The highest BCUT2D eigenvalue weighted by atomic mass is 32.2. The van der Waals surface area contributed by atoms with Gasteiger partial charge in [-0.3, -0.25) is 9.10 Å². The van der Waals surface area contributed by atoms with E-state index in [2.05, 4.69) is 0 Å². The van der Waals surface area contributed by atoms with Gasteiger partial charge in [-0.05, 0) is 38.3 Å². The van der Waals surface area contributed by atoms with Crippen LogP contribution in [0.2, 0.25) is 0 Å². The van der Waals surface area contributed by atoms with Crippen LogP contribution >= 0.6 is 0 Å². The molecule has 0 saturated carbocycles. The van der Waals surface area contributed by atoms with Gasteiger partial charge in [0.05, 0.1) is 4.91 Å². The Bertz CT molecular complexity index is 822. The molecule has 2 N–H and O–H groups in total. The number of hydrogen-bond donors (Lipinski definition) is 2. The first-order chi connectivity index (χ1) is 12.4. The van der Waals surface area contributed by atoms with Gasteiger partial charge < -0.3 is 10.2 Å². The predicted octanol–water partition coefficient (Wildman–Crippen LogP) is 2.71. The largest absolute Gasteiger partial charge is 0.480 e. The lowest BCUT2D eigenvalue weighted by Gasteiger charge is -2.35. The summed E-state index contributed by atoms with van der Waals surface area (Å²) in [4.78, 5) is 11.2. The van der Waals surface area contributed by atoms with Crippen LogP contribution in [0, 0.1) is 5.92 Å². The van der Waals surface area contributed by atoms with Crippen molar-refractivity contribution in [3.05, 3.63) is 47.1 Å². The fourth-order valence-electron chi connectivity index (χ4n) is 2.80. The third-order valence-corrected chi connectivity index (χ3v) is 6.46. The molecule has 6 nitrogen and oxygen atoms in total. The number of carbonyl (C=O) groups is 1. The second-order valence-corrected chi connectivity index (χ2v) is 8.40. The molecule has 2 aliphatic rings. The van der Waals surface area contributed by atoms with Crippen LogP contribution < -0.4 is 0 Å². The lowest BCUT2D eigenvalue weighted by molar-refractivity contribution is -0.266. The third kappa shape index (κ3) is 4.44. The number of aliphatic hydroxyl groups is 1. The second-order valence-electron chi connectivity index (χ2n) is 6.48. The number of hydrogen-bond acceptors (Lipinski definition) is 4. The van der Waals surface area contributed by atoms with Gasteiger partial charge in [0.1, 0.15) is 6.54 Å². The molecule has 2 atom stereocenters. The van der Waals surface area contributed by atoms with Gasteiger partial charge in [-0.1, -0.05) is 24.3 Å². The maximum atomic E-state index is 13.0. The SMILES string of the molecule is CC(O)(C1C=CC(N(CC(=O)O)S(=O)(=O)C2=CC=CCC2)=CC1)C(F)(F)F. The molecule has 2 unspecified atom stereocenters. The Morgan fingerprint density at radius 1 is 1.37 bits per heavy atom. The smallest absolute Gasteiger partial charge is 0.417 e. The second kappa shape index (κ2) is 7.51. The predicted molar refractivity (Wildman–Crippen MR) is 91.7 cm³/mol. The average Bonchev–Trinajstić information content (AvgIpc) is 2.59. The van der Waals surface area contributed by atoms with E-state index in [1.54, 1.807) is 12.2 Å². The Labute approximate surface area is 155 Å². The van der Waals surface area contributed by atoms with E-state index in [-0.39, 0.29) is 23.4 Å². The van der Waals surface area contributed by atoms with E-state index in [9.17, 15) is 31.5 Å². The molecule has 0 aromatic rings. The van der Waals surface area contributed by atoms with Crippen LogP contribution in [0.3, 0.4) is 0 Å². The Morgan fingerprint density at radius 3 is 2.48 bits per heavy atom. The molecular weight excluding hydrogens is 387 g/mol. The van der Waals surface area contributed by atoms with Crippen molar-refractivity contribution >= 4 is 16.0 Å². The van der Waals surface area contributed by atoms with Crippen LogP contribution in [0.25, 0.3) is 0 Å². The van der Waals surface area contributed by atoms with Crippen LogP contribution in [0.5, 0.6) is 0 Å². The van der Waals surface area contributed by atoms with Crippen LogP contribution in [-0.2, 0) is 14.8 Å². The van der Waals surface area contributed by atoms with E-state index in [1.165, 1.54) is 12.2 Å². The molecule has 0 spiro atoms. The normalized spacial score (nSPS) is 22.6. The summed E-state index contributed by atoms with van der Waals surface area (Å²) in [5, 5.41) is 18.8. The quantitative estimate of drug-likeness (QED) is 0.706. The van der Waals surface area contributed by atoms with Crippen molar-refractivity contribution in [1.82, 2.24) is 4.31 Å². The van der Waals surface area contributed by atoms with Crippen LogP contribution in [-0.4, -0.2) is 47.2 Å². The minimum atomic E-state index is -4.86. The number of halogens is 3. The maximum absolute atomic E-state index is 13.0. The number of carboxylic acids is 1. The lowest BCUT2D eigenvalue weighted by Crippen LogP contribution is -2.48. The van der Waals surface area contributed by atoms with Gasteiger partial charge in [-0.2, -0.15) is 13.2 Å². The van der Waals surface area contributed by atoms with Crippen molar-refractivity contribution in [1.29, 1.82) is 0 Å². The monoisotopic (exact) mass is 407 g/mol. The van der Waals surface area contributed by atoms with E-state index in [0.717, 1.165) is 12.2 Å². The zero-order valence-corrected chi connectivity index (χ0v) is 15.3. The molecule has 0 aliphatic heterocycles. The van der Waals surface area contributed by atoms with Gasteiger partial charge in [0.25, 0.3) is 10.0 Å². The van der Waals surface area contributed by atoms with Gasteiger partial charge in [-0.15, -0.1) is 0 Å². The number of rotatable bonds is 6. The summed E-state index contributed by atoms with van der Waals surface area (Å²) >= 11 is 0. The molecule has 0 amide bonds. The molecule has 27 heavy (non-hydrogen) atoms. The highest BCUT2D eigenvalue weighted by Gasteiger charge is 2.54. The van der Waals surface area contributed by atoms with Crippen molar-refractivity contribution in [2.45, 2.75) is 38.0 Å². The molecule has 0 aromatic heterocycles. The van der Waals surface area contributed by atoms with Gasteiger partial charge in [0, 0.05) is 11.6 Å². The fraction of sp³-hybridized carbons (Fsp3) is 0.471. The Hall–Kier alpha value is -2.07. The van der Waals surface area contributed by atoms with Gasteiger partial charge in [-0.25, -0.2) is 8.42 Å². The summed E-state index contributed by atoms with van der Waals surface area (Å²) < 4.78 is 65.2. The Morgan fingerprint density at radius 2 is 2.04 bits per heavy atom. The van der Waals surface area contributed by atoms with Crippen molar-refractivity contribution in [2.24, 2.45) is 5.92 Å². The molecule has 0 aromatic carbocycles.